The molecule has 1 aromatic carbocycles. The Morgan fingerprint density at radius 1 is 1.18 bits per heavy atom. The number of hydrogen-bond donors (Lipinski definition) is 1. The molecule has 2 atom stereocenters. The Morgan fingerprint density at radius 2 is 2.03 bits per heavy atom. The summed E-state index contributed by atoms with van der Waals surface area (Å²) in [5.41, 5.74) is 4.87. The number of benzene rings is 1. The van der Waals surface area contributed by atoms with Crippen LogP contribution in [0.15, 0.2) is 53.6 Å². The van der Waals surface area contributed by atoms with E-state index in [0.29, 0.717) is 12.4 Å². The number of tetrazole rings is 1. The number of imidazole rings is 1. The van der Waals surface area contributed by atoms with Gasteiger partial charge in [-0.05, 0) is 59.0 Å². The monoisotopic (exact) mass is 445 g/mol. The Bertz CT molecular complexity index is 1290. The van der Waals surface area contributed by atoms with Gasteiger partial charge in [-0.25, -0.2) is 9.89 Å². The molecule has 1 aliphatic rings. The third-order valence-corrected chi connectivity index (χ3v) is 6.18. The van der Waals surface area contributed by atoms with Crippen molar-refractivity contribution in [3.63, 3.8) is 0 Å². The summed E-state index contributed by atoms with van der Waals surface area (Å²) in [7, 11) is 1.70. The van der Waals surface area contributed by atoms with E-state index in [-0.39, 0.29) is 17.8 Å². The van der Waals surface area contributed by atoms with E-state index in [2.05, 4.69) is 32.5 Å². The van der Waals surface area contributed by atoms with E-state index in [1.54, 1.807) is 13.3 Å². The molecule has 9 heteroatoms. The van der Waals surface area contributed by atoms with E-state index >= 15 is 0 Å². The Hall–Kier alpha value is -3.59. The Labute approximate surface area is 191 Å². The molecule has 5 rings (SSSR count). The maximum atomic E-state index is 13.3. The highest BCUT2D eigenvalue weighted by atomic mass is 16.5. The van der Waals surface area contributed by atoms with Gasteiger partial charge in [-0.3, -0.25) is 14.1 Å². The van der Waals surface area contributed by atoms with Gasteiger partial charge in [0.2, 0.25) is 0 Å². The molecule has 0 radical (unpaired) electrons. The molecule has 0 bridgehead atoms. The van der Waals surface area contributed by atoms with Gasteiger partial charge in [-0.15, -0.1) is 5.10 Å². The fourth-order valence-corrected chi connectivity index (χ4v) is 4.25. The lowest BCUT2D eigenvalue weighted by Crippen LogP contribution is -2.26. The van der Waals surface area contributed by atoms with Crippen LogP contribution in [0, 0.1) is 0 Å². The van der Waals surface area contributed by atoms with Crippen molar-refractivity contribution in [3.05, 3.63) is 70.7 Å². The van der Waals surface area contributed by atoms with Crippen LogP contribution >= 0.6 is 0 Å². The van der Waals surface area contributed by atoms with Crippen molar-refractivity contribution >= 4 is 0 Å². The molecule has 9 nitrogen and oxygen atoms in total. The lowest BCUT2D eigenvalue weighted by Gasteiger charge is -2.09. The van der Waals surface area contributed by atoms with Gasteiger partial charge in [-0.2, -0.15) is 0 Å². The van der Waals surface area contributed by atoms with Gasteiger partial charge in [-0.1, -0.05) is 31.5 Å². The van der Waals surface area contributed by atoms with Crippen molar-refractivity contribution in [3.8, 4) is 22.5 Å². The first kappa shape index (κ1) is 21.3. The van der Waals surface area contributed by atoms with E-state index < -0.39 is 0 Å². The molecule has 2 unspecified atom stereocenters. The molecule has 0 aliphatic heterocycles. The number of nitrogens with one attached hydrogen (secondary N) is 1. The van der Waals surface area contributed by atoms with E-state index in [1.165, 1.54) is 0 Å². The van der Waals surface area contributed by atoms with Gasteiger partial charge in [0.05, 0.1) is 24.4 Å². The number of unbranched alkanes of at least 4 members (excludes halogenated alkanes) is 1. The molecular formula is C24H27N7O2. The van der Waals surface area contributed by atoms with Crippen molar-refractivity contribution in [2.45, 2.75) is 51.3 Å². The van der Waals surface area contributed by atoms with Gasteiger partial charge in [0, 0.05) is 30.8 Å². The van der Waals surface area contributed by atoms with Gasteiger partial charge >= 0.3 is 5.69 Å². The van der Waals surface area contributed by atoms with E-state index in [1.807, 2.05) is 51.7 Å². The maximum absolute atomic E-state index is 13.3. The van der Waals surface area contributed by atoms with Gasteiger partial charge < -0.3 is 4.74 Å². The summed E-state index contributed by atoms with van der Waals surface area (Å²) < 4.78 is 9.15. The number of nitrogens with zero attached hydrogens (tertiary/aromatic N) is 6. The van der Waals surface area contributed by atoms with Crippen LogP contribution in [0.25, 0.3) is 22.5 Å². The number of aryl methyl sites for hydroxylation is 1. The number of H-pyrrole nitrogens is 1. The minimum absolute atomic E-state index is 0.0117. The molecule has 3 aromatic heterocycles. The van der Waals surface area contributed by atoms with Crippen molar-refractivity contribution in [2.24, 2.45) is 0 Å². The summed E-state index contributed by atoms with van der Waals surface area (Å²) in [6.07, 6.45) is 7.82. The normalized spacial score (nSPS) is 17.4. The zero-order valence-corrected chi connectivity index (χ0v) is 18.8. The summed E-state index contributed by atoms with van der Waals surface area (Å²) >= 11 is 0. The second kappa shape index (κ2) is 9.11. The predicted octanol–water partition coefficient (Wildman–Crippen LogP) is 3.24. The summed E-state index contributed by atoms with van der Waals surface area (Å²) in [5.74, 6) is 0.619. The molecule has 0 saturated heterocycles. The van der Waals surface area contributed by atoms with E-state index in [9.17, 15) is 4.79 Å². The number of rotatable bonds is 9. The second-order valence-corrected chi connectivity index (χ2v) is 8.44. The molecule has 1 aliphatic carbocycles. The van der Waals surface area contributed by atoms with Crippen molar-refractivity contribution in [2.75, 3.05) is 7.11 Å². The van der Waals surface area contributed by atoms with Crippen LogP contribution in [-0.2, 0) is 17.7 Å². The first-order valence-electron chi connectivity index (χ1n) is 11.3. The van der Waals surface area contributed by atoms with Crippen LogP contribution < -0.4 is 5.69 Å². The third-order valence-electron chi connectivity index (χ3n) is 6.18. The third kappa shape index (κ3) is 4.36. The number of methoxy groups -OCH3 is 1. The molecule has 3 heterocycles. The Kier molecular flexibility index (Phi) is 5.87. The average Bonchev–Trinajstić information content (AvgIpc) is 3.28. The van der Waals surface area contributed by atoms with Crippen LogP contribution in [0.4, 0.5) is 0 Å². The minimum Gasteiger partial charge on any atom is -0.379 e. The number of hydrogen-bond acceptors (Lipinski definition) is 6. The van der Waals surface area contributed by atoms with Gasteiger partial charge in [0.25, 0.3) is 0 Å². The fourth-order valence-electron chi connectivity index (χ4n) is 4.25. The number of aromatic nitrogens is 7. The molecule has 4 aromatic rings. The maximum Gasteiger partial charge on any atom is 0.329 e. The smallest absolute Gasteiger partial charge is 0.329 e. The molecule has 170 valence electrons. The van der Waals surface area contributed by atoms with Gasteiger partial charge in [0.15, 0.2) is 5.82 Å². The van der Waals surface area contributed by atoms with Crippen LogP contribution in [-0.4, -0.2) is 48.0 Å². The van der Waals surface area contributed by atoms with Crippen molar-refractivity contribution in [1.29, 1.82) is 0 Å². The van der Waals surface area contributed by atoms with E-state index in [4.69, 9.17) is 4.74 Å². The lowest BCUT2D eigenvalue weighted by atomic mass is 10.0. The highest BCUT2D eigenvalue weighted by Gasteiger charge is 2.40. The van der Waals surface area contributed by atoms with Crippen LogP contribution in [0.1, 0.15) is 43.6 Å². The molecule has 0 amide bonds. The molecule has 1 saturated carbocycles. The lowest BCUT2D eigenvalue weighted by molar-refractivity contribution is 0.169. The SMILES string of the molecule is CCCCc1cn(C2CC2OC)c(=O)n1Cc1cc(-c2cccc(-c3nnn[nH]3)c2)ccn1. The topological polar surface area (TPSA) is 104 Å². The van der Waals surface area contributed by atoms with E-state index in [0.717, 1.165) is 53.8 Å². The minimum atomic E-state index is 0.0117. The fraction of sp³-hybridized carbons (Fsp3) is 0.375. The van der Waals surface area contributed by atoms with Crippen LogP contribution in [0.2, 0.25) is 0 Å². The first-order valence-corrected chi connectivity index (χ1v) is 11.3. The average molecular weight is 446 g/mol. The number of pyridine rings is 1. The number of aromatic amines is 1. The molecule has 33 heavy (non-hydrogen) atoms. The zero-order valence-electron chi connectivity index (χ0n) is 18.8. The molecule has 1 fully saturated rings. The predicted molar refractivity (Wildman–Crippen MR) is 124 cm³/mol. The summed E-state index contributed by atoms with van der Waals surface area (Å²) in [6, 6.07) is 12.2. The summed E-state index contributed by atoms with van der Waals surface area (Å²) in [5, 5.41) is 14.1. The van der Waals surface area contributed by atoms with Crippen molar-refractivity contribution < 1.29 is 4.74 Å². The highest BCUT2D eigenvalue weighted by molar-refractivity contribution is 5.70. The summed E-state index contributed by atoms with van der Waals surface area (Å²) in [4.78, 5) is 17.8. The van der Waals surface area contributed by atoms with Crippen molar-refractivity contribution in [1.82, 2.24) is 34.7 Å². The highest BCUT2D eigenvalue weighted by Crippen LogP contribution is 2.37. The first-order chi connectivity index (χ1) is 16.2. The standard InChI is InChI=1S/C24H27N7O2/c1-3-4-8-20-15-31(21-13-22(21)33-2)24(32)30(20)14-19-12-17(9-10-25-19)16-6-5-7-18(11-16)23-26-28-29-27-23/h5-7,9-12,15,21-22H,3-4,8,13-14H2,1-2H3,(H,26,27,28,29). The zero-order chi connectivity index (χ0) is 22.8. The molecular weight excluding hydrogens is 418 g/mol. The van der Waals surface area contributed by atoms with Crippen LogP contribution in [0.5, 0.6) is 0 Å². The summed E-state index contributed by atoms with van der Waals surface area (Å²) in [6.45, 7) is 2.60. The largest absolute Gasteiger partial charge is 0.379 e. The number of ether oxygens (including phenoxy) is 1. The second-order valence-electron chi connectivity index (χ2n) is 8.44. The Morgan fingerprint density at radius 3 is 2.79 bits per heavy atom. The van der Waals surface area contributed by atoms with Gasteiger partial charge in [0.1, 0.15) is 0 Å². The van der Waals surface area contributed by atoms with Crippen LogP contribution in [0.3, 0.4) is 0 Å². The Balaban J connectivity index is 1.44. The molecule has 1 N–H and O–H groups in total. The quantitative estimate of drug-likeness (QED) is 0.424. The molecule has 0 spiro atoms.